The molecule has 0 saturated heterocycles. The molecular formula is C10H18O2. The molecule has 0 fully saturated rings. The number of allylic oxidation sites excluding steroid dienone is 2. The lowest BCUT2D eigenvalue weighted by atomic mass is 10.2. The average Bonchev–Trinajstić information content (AvgIpc) is 1.97. The van der Waals surface area contributed by atoms with E-state index >= 15 is 0 Å². The first-order chi connectivity index (χ1) is 5.66. The SMILES string of the molecule is CCCOCCC(=O)C=C(C)C. The van der Waals surface area contributed by atoms with E-state index in [1.54, 1.807) is 6.08 Å². The topological polar surface area (TPSA) is 26.3 Å². The van der Waals surface area contributed by atoms with Gasteiger partial charge in [0.15, 0.2) is 5.78 Å². The first-order valence-corrected chi connectivity index (χ1v) is 4.42. The van der Waals surface area contributed by atoms with Gasteiger partial charge < -0.3 is 4.74 Å². The second-order valence-electron chi connectivity index (χ2n) is 3.05. The minimum absolute atomic E-state index is 0.158. The Bertz CT molecular complexity index is 155. The molecule has 70 valence electrons. The minimum Gasteiger partial charge on any atom is -0.381 e. The van der Waals surface area contributed by atoms with Crippen LogP contribution in [-0.4, -0.2) is 19.0 Å². The molecule has 0 aromatic carbocycles. The van der Waals surface area contributed by atoms with E-state index in [-0.39, 0.29) is 5.78 Å². The predicted molar refractivity (Wildman–Crippen MR) is 50.2 cm³/mol. The molecular weight excluding hydrogens is 152 g/mol. The number of hydrogen-bond acceptors (Lipinski definition) is 2. The summed E-state index contributed by atoms with van der Waals surface area (Å²) in [4.78, 5) is 11.1. The molecule has 0 atom stereocenters. The van der Waals surface area contributed by atoms with Crippen molar-refractivity contribution in [3.8, 4) is 0 Å². The number of carbonyl (C=O) groups excluding carboxylic acids is 1. The smallest absolute Gasteiger partial charge is 0.157 e. The molecule has 0 unspecified atom stereocenters. The summed E-state index contributed by atoms with van der Waals surface area (Å²) in [5, 5.41) is 0. The van der Waals surface area contributed by atoms with Crippen LogP contribution in [0.5, 0.6) is 0 Å². The maximum Gasteiger partial charge on any atom is 0.157 e. The quantitative estimate of drug-likeness (QED) is 0.452. The van der Waals surface area contributed by atoms with Gasteiger partial charge in [0.25, 0.3) is 0 Å². The number of carbonyl (C=O) groups is 1. The van der Waals surface area contributed by atoms with Crippen LogP contribution in [-0.2, 0) is 9.53 Å². The largest absolute Gasteiger partial charge is 0.381 e. The first-order valence-electron chi connectivity index (χ1n) is 4.42. The van der Waals surface area contributed by atoms with E-state index in [1.807, 2.05) is 13.8 Å². The Hall–Kier alpha value is -0.630. The summed E-state index contributed by atoms with van der Waals surface area (Å²) in [5.74, 6) is 0.158. The van der Waals surface area contributed by atoms with Gasteiger partial charge in [-0.3, -0.25) is 4.79 Å². The molecule has 2 heteroatoms. The molecule has 0 N–H and O–H groups in total. The molecule has 0 aromatic heterocycles. The molecule has 0 rings (SSSR count). The van der Waals surface area contributed by atoms with E-state index in [9.17, 15) is 4.79 Å². The number of ketones is 1. The fraction of sp³-hybridized carbons (Fsp3) is 0.700. The molecule has 0 saturated carbocycles. The van der Waals surface area contributed by atoms with Gasteiger partial charge in [-0.05, 0) is 26.3 Å². The molecule has 12 heavy (non-hydrogen) atoms. The second-order valence-corrected chi connectivity index (χ2v) is 3.05. The molecule has 0 heterocycles. The third kappa shape index (κ3) is 7.48. The molecule has 0 radical (unpaired) electrons. The molecule has 0 bridgehead atoms. The highest BCUT2D eigenvalue weighted by Crippen LogP contribution is 1.94. The lowest BCUT2D eigenvalue weighted by Crippen LogP contribution is -2.02. The highest BCUT2D eigenvalue weighted by Gasteiger charge is 1.96. The van der Waals surface area contributed by atoms with Gasteiger partial charge in [0, 0.05) is 13.0 Å². The fourth-order valence-electron chi connectivity index (χ4n) is 0.813. The van der Waals surface area contributed by atoms with E-state index in [4.69, 9.17) is 4.74 Å². The Kier molecular flexibility index (Phi) is 6.67. The molecule has 0 amide bonds. The van der Waals surface area contributed by atoms with Crippen molar-refractivity contribution < 1.29 is 9.53 Å². The second kappa shape index (κ2) is 7.04. The zero-order valence-corrected chi connectivity index (χ0v) is 8.22. The van der Waals surface area contributed by atoms with E-state index < -0.39 is 0 Å². The van der Waals surface area contributed by atoms with E-state index in [0.717, 1.165) is 18.6 Å². The van der Waals surface area contributed by atoms with Gasteiger partial charge in [0.1, 0.15) is 0 Å². The van der Waals surface area contributed by atoms with E-state index in [1.165, 1.54) is 0 Å². The van der Waals surface area contributed by atoms with Crippen molar-refractivity contribution in [1.29, 1.82) is 0 Å². The summed E-state index contributed by atoms with van der Waals surface area (Å²) in [5.41, 5.74) is 1.05. The van der Waals surface area contributed by atoms with Gasteiger partial charge in [-0.2, -0.15) is 0 Å². The summed E-state index contributed by atoms with van der Waals surface area (Å²) in [6, 6.07) is 0. The summed E-state index contributed by atoms with van der Waals surface area (Å²) < 4.78 is 5.18. The highest BCUT2D eigenvalue weighted by atomic mass is 16.5. The lowest BCUT2D eigenvalue weighted by Gasteiger charge is -1.99. The predicted octanol–water partition coefficient (Wildman–Crippen LogP) is 2.34. The molecule has 0 aliphatic rings. The summed E-state index contributed by atoms with van der Waals surface area (Å²) >= 11 is 0. The highest BCUT2D eigenvalue weighted by molar-refractivity contribution is 5.90. The first kappa shape index (κ1) is 11.4. The average molecular weight is 170 g/mol. The Morgan fingerprint density at radius 2 is 2.00 bits per heavy atom. The van der Waals surface area contributed by atoms with Crippen LogP contribution in [0.2, 0.25) is 0 Å². The van der Waals surface area contributed by atoms with Crippen LogP contribution >= 0.6 is 0 Å². The monoisotopic (exact) mass is 170 g/mol. The number of ether oxygens (including phenoxy) is 1. The van der Waals surface area contributed by atoms with Crippen molar-refractivity contribution in [2.75, 3.05) is 13.2 Å². The van der Waals surface area contributed by atoms with Crippen molar-refractivity contribution in [2.24, 2.45) is 0 Å². The number of rotatable bonds is 6. The molecule has 0 spiro atoms. The van der Waals surface area contributed by atoms with Gasteiger partial charge in [0.05, 0.1) is 6.61 Å². The third-order valence-corrected chi connectivity index (χ3v) is 1.29. The van der Waals surface area contributed by atoms with Gasteiger partial charge in [0.2, 0.25) is 0 Å². The van der Waals surface area contributed by atoms with Crippen LogP contribution in [0.3, 0.4) is 0 Å². The molecule has 0 aliphatic heterocycles. The van der Waals surface area contributed by atoms with Crippen molar-refractivity contribution in [2.45, 2.75) is 33.6 Å². The fourth-order valence-corrected chi connectivity index (χ4v) is 0.813. The number of hydrogen-bond donors (Lipinski definition) is 0. The van der Waals surface area contributed by atoms with Crippen molar-refractivity contribution in [3.63, 3.8) is 0 Å². The van der Waals surface area contributed by atoms with Crippen LogP contribution in [0, 0.1) is 0 Å². The standard InChI is InChI=1S/C10H18O2/c1-4-6-12-7-5-10(11)8-9(2)3/h8H,4-7H2,1-3H3. The van der Waals surface area contributed by atoms with Gasteiger partial charge in [-0.1, -0.05) is 12.5 Å². The normalized spacial score (nSPS) is 9.58. The van der Waals surface area contributed by atoms with Crippen LogP contribution in [0.15, 0.2) is 11.6 Å². The summed E-state index contributed by atoms with van der Waals surface area (Å²) in [6.07, 6.45) is 3.18. The van der Waals surface area contributed by atoms with Crippen molar-refractivity contribution in [3.05, 3.63) is 11.6 Å². The summed E-state index contributed by atoms with van der Waals surface area (Å²) in [7, 11) is 0. The minimum atomic E-state index is 0.158. The lowest BCUT2D eigenvalue weighted by molar-refractivity contribution is -0.115. The molecule has 0 aromatic rings. The van der Waals surface area contributed by atoms with Crippen LogP contribution < -0.4 is 0 Å². The van der Waals surface area contributed by atoms with Gasteiger partial charge in [-0.15, -0.1) is 0 Å². The van der Waals surface area contributed by atoms with Gasteiger partial charge >= 0.3 is 0 Å². The van der Waals surface area contributed by atoms with Gasteiger partial charge in [-0.25, -0.2) is 0 Å². The molecule has 0 aliphatic carbocycles. The van der Waals surface area contributed by atoms with Crippen molar-refractivity contribution in [1.82, 2.24) is 0 Å². The van der Waals surface area contributed by atoms with E-state index in [0.29, 0.717) is 13.0 Å². The van der Waals surface area contributed by atoms with Crippen LogP contribution in [0.4, 0.5) is 0 Å². The Morgan fingerprint density at radius 1 is 1.33 bits per heavy atom. The Balaban J connectivity index is 3.39. The van der Waals surface area contributed by atoms with Crippen molar-refractivity contribution >= 4 is 5.78 Å². The van der Waals surface area contributed by atoms with Crippen LogP contribution in [0.1, 0.15) is 33.6 Å². The Morgan fingerprint density at radius 3 is 2.50 bits per heavy atom. The molecule has 2 nitrogen and oxygen atoms in total. The maximum absolute atomic E-state index is 11.1. The summed E-state index contributed by atoms with van der Waals surface area (Å²) in [6.45, 7) is 7.20. The zero-order valence-electron chi connectivity index (χ0n) is 8.22. The van der Waals surface area contributed by atoms with Crippen LogP contribution in [0.25, 0.3) is 0 Å². The zero-order chi connectivity index (χ0) is 9.40. The third-order valence-electron chi connectivity index (χ3n) is 1.29. The Labute approximate surface area is 74.6 Å². The maximum atomic E-state index is 11.1. The van der Waals surface area contributed by atoms with E-state index in [2.05, 4.69) is 6.92 Å².